The molecule has 0 heterocycles. The lowest BCUT2D eigenvalue weighted by Gasteiger charge is -2.27. The first kappa shape index (κ1) is 15.6. The molecule has 2 atom stereocenters. The molecule has 2 aromatic rings. The van der Waals surface area contributed by atoms with Crippen molar-refractivity contribution in [2.75, 3.05) is 6.54 Å². The molecule has 0 bridgehead atoms. The molecule has 0 amide bonds. The van der Waals surface area contributed by atoms with Crippen LogP contribution >= 0.6 is 0 Å². The van der Waals surface area contributed by atoms with Gasteiger partial charge in [0.25, 0.3) is 0 Å². The molecule has 2 heteroatoms. The first-order valence-electron chi connectivity index (χ1n) is 7.64. The fourth-order valence-electron chi connectivity index (χ4n) is 2.56. The van der Waals surface area contributed by atoms with Crippen LogP contribution in [0.2, 0.25) is 0 Å². The maximum atomic E-state index is 6.23. The van der Waals surface area contributed by atoms with Gasteiger partial charge in [-0.05, 0) is 50.1 Å². The first-order valence-corrected chi connectivity index (χ1v) is 7.64. The number of hydrogen-bond donors (Lipinski definition) is 1. The van der Waals surface area contributed by atoms with Crippen molar-refractivity contribution in [1.82, 2.24) is 5.32 Å². The van der Waals surface area contributed by atoms with E-state index in [0.29, 0.717) is 0 Å². The minimum Gasteiger partial charge on any atom is -0.488 e. The molecule has 2 nitrogen and oxygen atoms in total. The van der Waals surface area contributed by atoms with Gasteiger partial charge in [-0.25, -0.2) is 0 Å². The van der Waals surface area contributed by atoms with Crippen LogP contribution in [0.4, 0.5) is 0 Å². The summed E-state index contributed by atoms with van der Waals surface area (Å²) in [6.07, 6.45) is 0.0628. The van der Waals surface area contributed by atoms with E-state index in [9.17, 15) is 0 Å². The maximum Gasteiger partial charge on any atom is 0.122 e. The predicted octanol–water partition coefficient (Wildman–Crippen LogP) is 4.42. The van der Waals surface area contributed by atoms with Crippen LogP contribution in [0.3, 0.4) is 0 Å². The average Bonchev–Trinajstić information content (AvgIpc) is 2.50. The lowest BCUT2D eigenvalue weighted by atomic mass is 10.0. The van der Waals surface area contributed by atoms with E-state index >= 15 is 0 Å². The van der Waals surface area contributed by atoms with Crippen molar-refractivity contribution in [3.05, 3.63) is 65.2 Å². The zero-order chi connectivity index (χ0) is 15.2. The summed E-state index contributed by atoms with van der Waals surface area (Å²) < 4.78 is 6.23. The zero-order valence-electron chi connectivity index (χ0n) is 13.4. The number of likely N-dealkylation sites (N-methyl/N-ethyl adjacent to an activating group) is 1. The van der Waals surface area contributed by atoms with Crippen molar-refractivity contribution in [3.63, 3.8) is 0 Å². The highest BCUT2D eigenvalue weighted by molar-refractivity contribution is 5.38. The molecule has 0 saturated heterocycles. The molecule has 0 aliphatic rings. The number of nitrogens with one attached hydrogen (secondary N) is 1. The maximum absolute atomic E-state index is 6.23. The molecule has 112 valence electrons. The fourth-order valence-corrected chi connectivity index (χ4v) is 2.56. The highest BCUT2D eigenvalue weighted by Crippen LogP contribution is 2.26. The third kappa shape index (κ3) is 3.85. The van der Waals surface area contributed by atoms with Crippen molar-refractivity contribution in [2.45, 2.75) is 39.8 Å². The smallest absolute Gasteiger partial charge is 0.122 e. The molecule has 2 unspecified atom stereocenters. The van der Waals surface area contributed by atoms with Crippen LogP contribution in [0.15, 0.2) is 48.5 Å². The van der Waals surface area contributed by atoms with Gasteiger partial charge < -0.3 is 10.1 Å². The molecular weight excluding hydrogens is 258 g/mol. The third-order valence-electron chi connectivity index (χ3n) is 3.92. The minimum absolute atomic E-state index is 0.0628. The summed E-state index contributed by atoms with van der Waals surface area (Å²) >= 11 is 0. The topological polar surface area (TPSA) is 21.3 Å². The van der Waals surface area contributed by atoms with Gasteiger partial charge in [-0.15, -0.1) is 0 Å². The molecule has 0 spiro atoms. The molecule has 0 aliphatic heterocycles. The summed E-state index contributed by atoms with van der Waals surface area (Å²) in [4.78, 5) is 0. The van der Waals surface area contributed by atoms with Crippen LogP contribution in [-0.4, -0.2) is 12.6 Å². The molecule has 0 aromatic heterocycles. The highest BCUT2D eigenvalue weighted by atomic mass is 16.5. The minimum atomic E-state index is 0.0628. The Balaban J connectivity index is 2.19. The van der Waals surface area contributed by atoms with E-state index in [2.05, 4.69) is 69.4 Å². The summed E-state index contributed by atoms with van der Waals surface area (Å²) in [6.45, 7) is 9.40. The van der Waals surface area contributed by atoms with E-state index < -0.39 is 0 Å². The van der Waals surface area contributed by atoms with E-state index in [-0.39, 0.29) is 12.1 Å². The quantitative estimate of drug-likeness (QED) is 0.847. The van der Waals surface area contributed by atoms with Gasteiger partial charge in [-0.2, -0.15) is 0 Å². The second-order valence-corrected chi connectivity index (χ2v) is 5.47. The van der Waals surface area contributed by atoms with Gasteiger partial charge >= 0.3 is 0 Å². The summed E-state index contributed by atoms with van der Waals surface area (Å²) in [7, 11) is 0. The summed E-state index contributed by atoms with van der Waals surface area (Å²) in [6, 6.07) is 16.9. The fraction of sp³-hybridized carbons (Fsp3) is 0.368. The van der Waals surface area contributed by atoms with Gasteiger partial charge in [0.1, 0.15) is 11.9 Å². The molecule has 21 heavy (non-hydrogen) atoms. The van der Waals surface area contributed by atoms with Gasteiger partial charge in [0, 0.05) is 0 Å². The lowest BCUT2D eigenvalue weighted by Crippen LogP contribution is -2.33. The molecule has 0 radical (unpaired) electrons. The Morgan fingerprint density at radius 2 is 1.71 bits per heavy atom. The normalized spacial score (nSPS) is 13.7. The first-order chi connectivity index (χ1) is 10.1. The molecule has 2 rings (SSSR count). The summed E-state index contributed by atoms with van der Waals surface area (Å²) in [5.74, 6) is 0.973. The summed E-state index contributed by atoms with van der Waals surface area (Å²) in [5, 5.41) is 3.53. The van der Waals surface area contributed by atoms with E-state index in [1.54, 1.807) is 0 Å². The monoisotopic (exact) mass is 283 g/mol. The van der Waals surface area contributed by atoms with Crippen molar-refractivity contribution < 1.29 is 4.74 Å². The number of ether oxygens (including phenoxy) is 1. The molecule has 0 saturated carbocycles. The van der Waals surface area contributed by atoms with Crippen molar-refractivity contribution >= 4 is 0 Å². The standard InChI is InChI=1S/C19H25NO/c1-5-20-19(17-11-7-6-8-12-17)16(4)21-18-13-9-10-14(2)15(18)3/h6-13,16,19-20H,5H2,1-4H3. The molecule has 0 fully saturated rings. The van der Waals surface area contributed by atoms with Gasteiger partial charge in [-0.3, -0.25) is 0 Å². The van der Waals surface area contributed by atoms with Crippen molar-refractivity contribution in [2.24, 2.45) is 0 Å². The Morgan fingerprint density at radius 3 is 2.38 bits per heavy atom. The van der Waals surface area contributed by atoms with E-state index in [1.165, 1.54) is 16.7 Å². The Morgan fingerprint density at radius 1 is 1.00 bits per heavy atom. The average molecular weight is 283 g/mol. The number of rotatable bonds is 6. The Labute approximate surface area is 128 Å². The lowest BCUT2D eigenvalue weighted by molar-refractivity contribution is 0.170. The Bertz CT molecular complexity index is 565. The van der Waals surface area contributed by atoms with Crippen LogP contribution in [0.5, 0.6) is 5.75 Å². The van der Waals surface area contributed by atoms with E-state index in [0.717, 1.165) is 12.3 Å². The number of hydrogen-bond acceptors (Lipinski definition) is 2. The van der Waals surface area contributed by atoms with E-state index in [4.69, 9.17) is 4.74 Å². The van der Waals surface area contributed by atoms with Crippen molar-refractivity contribution in [1.29, 1.82) is 0 Å². The summed E-state index contributed by atoms with van der Waals surface area (Å²) in [5.41, 5.74) is 3.74. The Hall–Kier alpha value is -1.80. The molecule has 1 N–H and O–H groups in total. The molecule has 2 aromatic carbocycles. The SMILES string of the molecule is CCNC(c1ccccc1)C(C)Oc1cccc(C)c1C. The number of benzene rings is 2. The Kier molecular flexibility index (Phi) is 5.40. The molecule has 0 aliphatic carbocycles. The van der Waals surface area contributed by atoms with Crippen LogP contribution in [0.25, 0.3) is 0 Å². The molecular formula is C19H25NO. The third-order valence-corrected chi connectivity index (χ3v) is 3.92. The van der Waals surface area contributed by atoms with Crippen LogP contribution in [0, 0.1) is 13.8 Å². The second kappa shape index (κ2) is 7.28. The predicted molar refractivity (Wildman–Crippen MR) is 88.9 cm³/mol. The van der Waals surface area contributed by atoms with Gasteiger partial charge in [0.15, 0.2) is 0 Å². The van der Waals surface area contributed by atoms with Gasteiger partial charge in [-0.1, -0.05) is 49.4 Å². The second-order valence-electron chi connectivity index (χ2n) is 5.47. The van der Waals surface area contributed by atoms with Gasteiger partial charge in [0.2, 0.25) is 0 Å². The van der Waals surface area contributed by atoms with Gasteiger partial charge in [0.05, 0.1) is 6.04 Å². The van der Waals surface area contributed by atoms with Crippen molar-refractivity contribution in [3.8, 4) is 5.75 Å². The zero-order valence-corrected chi connectivity index (χ0v) is 13.4. The van der Waals surface area contributed by atoms with E-state index in [1.807, 2.05) is 12.1 Å². The van der Waals surface area contributed by atoms with Crippen LogP contribution in [-0.2, 0) is 0 Å². The number of aryl methyl sites for hydroxylation is 1. The van der Waals surface area contributed by atoms with Crippen LogP contribution in [0.1, 0.15) is 36.6 Å². The highest BCUT2D eigenvalue weighted by Gasteiger charge is 2.20. The van der Waals surface area contributed by atoms with Crippen LogP contribution < -0.4 is 10.1 Å². The largest absolute Gasteiger partial charge is 0.488 e.